The number of benzene rings is 3. The van der Waals surface area contributed by atoms with Gasteiger partial charge in [0.15, 0.2) is 6.10 Å². The molecule has 4 rings (SSSR count). The Kier molecular flexibility index (Phi) is 6.98. The maximum absolute atomic E-state index is 12.7. The Morgan fingerprint density at radius 1 is 0.971 bits per heavy atom. The van der Waals surface area contributed by atoms with Gasteiger partial charge in [-0.1, -0.05) is 48.5 Å². The van der Waals surface area contributed by atoms with Gasteiger partial charge in [0.25, 0.3) is 5.91 Å². The second kappa shape index (κ2) is 10.3. The van der Waals surface area contributed by atoms with E-state index < -0.39 is 30.6 Å². The van der Waals surface area contributed by atoms with Gasteiger partial charge >= 0.3 is 12.1 Å². The minimum atomic E-state index is -1.76. The van der Waals surface area contributed by atoms with E-state index in [1.54, 1.807) is 6.07 Å². The van der Waals surface area contributed by atoms with Gasteiger partial charge in [0.1, 0.15) is 12.4 Å². The number of rotatable bonds is 8. The molecule has 180 valence electrons. The first-order valence-corrected chi connectivity index (χ1v) is 10.9. The van der Waals surface area contributed by atoms with Crippen molar-refractivity contribution in [2.24, 2.45) is 0 Å². The fraction of sp³-hybridized carbons (Fsp3) is 0.192. The Morgan fingerprint density at radius 2 is 1.60 bits per heavy atom. The molecule has 0 spiro atoms. The number of carboxylic acid groups (broad SMARTS) is 1. The summed E-state index contributed by atoms with van der Waals surface area (Å²) in [5, 5.41) is 23.1. The number of carboxylic acids is 1. The van der Waals surface area contributed by atoms with Gasteiger partial charge in [0.05, 0.1) is 24.9 Å². The van der Waals surface area contributed by atoms with E-state index in [0.717, 1.165) is 22.3 Å². The van der Waals surface area contributed by atoms with Crippen molar-refractivity contribution < 1.29 is 34.1 Å². The van der Waals surface area contributed by atoms with Crippen LogP contribution in [-0.2, 0) is 9.53 Å². The lowest BCUT2D eigenvalue weighted by Gasteiger charge is -2.16. The third-order valence-electron chi connectivity index (χ3n) is 5.79. The number of aliphatic hydroxyl groups is 1. The number of carbonyl (C=O) groups excluding carboxylic acids is 2. The van der Waals surface area contributed by atoms with Crippen molar-refractivity contribution in [2.75, 3.05) is 25.6 Å². The average Bonchev–Trinajstić information content (AvgIpc) is 3.19. The zero-order valence-corrected chi connectivity index (χ0v) is 18.9. The van der Waals surface area contributed by atoms with Crippen LogP contribution in [0, 0.1) is 0 Å². The van der Waals surface area contributed by atoms with Gasteiger partial charge in [0.2, 0.25) is 0 Å². The molecule has 3 aromatic rings. The number of hydrogen-bond acceptors (Lipinski definition) is 6. The summed E-state index contributed by atoms with van der Waals surface area (Å²) in [7, 11) is 1.42. The number of hydrogen-bond donors (Lipinski definition) is 4. The fourth-order valence-corrected chi connectivity index (χ4v) is 4.06. The van der Waals surface area contributed by atoms with Crippen molar-refractivity contribution in [3.05, 3.63) is 83.4 Å². The maximum Gasteiger partial charge on any atom is 0.411 e. The second-order valence-corrected chi connectivity index (χ2v) is 7.93. The summed E-state index contributed by atoms with van der Waals surface area (Å²) in [5.41, 5.74) is 4.52. The van der Waals surface area contributed by atoms with Gasteiger partial charge in [-0.15, -0.1) is 0 Å². The van der Waals surface area contributed by atoms with Crippen LogP contribution < -0.4 is 15.4 Å². The average molecular weight is 476 g/mol. The zero-order valence-electron chi connectivity index (χ0n) is 18.9. The molecule has 1 aliphatic carbocycles. The normalized spacial score (nSPS) is 12.7. The van der Waals surface area contributed by atoms with Crippen molar-refractivity contribution in [3.63, 3.8) is 0 Å². The molecule has 0 bridgehead atoms. The predicted octanol–water partition coefficient (Wildman–Crippen LogP) is 3.23. The molecule has 0 heterocycles. The predicted molar refractivity (Wildman–Crippen MR) is 128 cm³/mol. The lowest BCUT2D eigenvalue weighted by atomic mass is 9.98. The van der Waals surface area contributed by atoms with E-state index in [1.807, 2.05) is 48.5 Å². The Hall–Kier alpha value is -4.37. The molecule has 35 heavy (non-hydrogen) atoms. The molecular weight excluding hydrogens is 452 g/mol. The first-order chi connectivity index (χ1) is 16.9. The summed E-state index contributed by atoms with van der Waals surface area (Å²) in [6, 6.07) is 20.4. The van der Waals surface area contributed by atoms with Crippen LogP contribution in [0.4, 0.5) is 10.5 Å². The van der Waals surface area contributed by atoms with Gasteiger partial charge in [-0.2, -0.15) is 0 Å². The number of aliphatic carboxylic acids is 1. The highest BCUT2D eigenvalue weighted by atomic mass is 16.5. The Labute approximate surface area is 201 Å². The third kappa shape index (κ3) is 5.10. The minimum absolute atomic E-state index is 0.0236. The van der Waals surface area contributed by atoms with E-state index in [4.69, 9.17) is 14.6 Å². The molecule has 0 aromatic heterocycles. The number of nitrogens with one attached hydrogen (secondary N) is 2. The van der Waals surface area contributed by atoms with Crippen LogP contribution in [0.25, 0.3) is 11.1 Å². The summed E-state index contributed by atoms with van der Waals surface area (Å²) in [4.78, 5) is 36.1. The maximum atomic E-state index is 12.7. The topological polar surface area (TPSA) is 134 Å². The smallest absolute Gasteiger partial charge is 0.411 e. The number of carbonyl (C=O) groups is 3. The van der Waals surface area contributed by atoms with Crippen LogP contribution in [0.15, 0.2) is 66.7 Å². The van der Waals surface area contributed by atoms with Crippen LogP contribution in [0.2, 0.25) is 0 Å². The van der Waals surface area contributed by atoms with Crippen LogP contribution in [0.5, 0.6) is 5.75 Å². The standard InChI is InChI=1S/C26H24N2O7/c1-34-15-10-11-22(20(12-15)24(30)27-13-23(29)25(31)32)28-26(33)35-14-21-18-8-4-2-6-16(18)17-7-3-5-9-19(17)21/h2-12,21,23,29H,13-14H2,1H3,(H,27,30)(H,28,33)(H,31,32). The van der Waals surface area contributed by atoms with Crippen LogP contribution >= 0.6 is 0 Å². The van der Waals surface area contributed by atoms with E-state index in [0.29, 0.717) is 5.75 Å². The lowest BCUT2D eigenvalue weighted by Crippen LogP contribution is -2.36. The monoisotopic (exact) mass is 476 g/mol. The SMILES string of the molecule is COc1ccc(NC(=O)OCC2c3ccccc3-c3ccccc32)c(C(=O)NCC(O)C(=O)O)c1. The Bertz CT molecular complexity index is 1230. The molecule has 0 fully saturated rings. The summed E-state index contributed by atoms with van der Waals surface area (Å²) in [5.74, 6) is -1.93. The molecule has 1 aliphatic rings. The summed E-state index contributed by atoms with van der Waals surface area (Å²) < 4.78 is 10.7. The number of anilines is 1. The van der Waals surface area contributed by atoms with Crippen molar-refractivity contribution in [3.8, 4) is 16.9 Å². The summed E-state index contributed by atoms with van der Waals surface area (Å²) in [6.07, 6.45) is -2.51. The van der Waals surface area contributed by atoms with E-state index in [-0.39, 0.29) is 23.8 Å². The number of aliphatic hydroxyl groups excluding tert-OH is 1. The molecule has 9 heteroatoms. The quantitative estimate of drug-likeness (QED) is 0.392. The number of ether oxygens (including phenoxy) is 2. The van der Waals surface area contributed by atoms with Gasteiger partial charge in [0, 0.05) is 5.92 Å². The second-order valence-electron chi connectivity index (χ2n) is 7.93. The van der Waals surface area contributed by atoms with E-state index >= 15 is 0 Å². The largest absolute Gasteiger partial charge is 0.497 e. The highest BCUT2D eigenvalue weighted by Gasteiger charge is 2.29. The van der Waals surface area contributed by atoms with E-state index in [9.17, 15) is 19.5 Å². The summed E-state index contributed by atoms with van der Waals surface area (Å²) in [6.45, 7) is -0.405. The molecule has 3 aromatic carbocycles. The van der Waals surface area contributed by atoms with E-state index in [2.05, 4.69) is 10.6 Å². The van der Waals surface area contributed by atoms with Gasteiger partial charge in [-0.25, -0.2) is 9.59 Å². The highest BCUT2D eigenvalue weighted by molar-refractivity contribution is 6.03. The van der Waals surface area contributed by atoms with Crippen LogP contribution in [-0.4, -0.2) is 54.5 Å². The van der Waals surface area contributed by atoms with Crippen LogP contribution in [0.3, 0.4) is 0 Å². The van der Waals surface area contributed by atoms with Gasteiger partial charge < -0.3 is 25.0 Å². The molecular formula is C26H24N2O7. The molecule has 0 saturated carbocycles. The molecule has 1 unspecified atom stereocenters. The number of amides is 2. The zero-order chi connectivity index (χ0) is 24.9. The lowest BCUT2D eigenvalue weighted by molar-refractivity contribution is -0.146. The van der Waals surface area contributed by atoms with Crippen molar-refractivity contribution >= 4 is 23.7 Å². The van der Waals surface area contributed by atoms with Crippen LogP contribution in [0.1, 0.15) is 27.4 Å². The first kappa shape index (κ1) is 23.8. The minimum Gasteiger partial charge on any atom is -0.497 e. The first-order valence-electron chi connectivity index (χ1n) is 10.9. The van der Waals surface area contributed by atoms with Crippen molar-refractivity contribution in [1.82, 2.24) is 5.32 Å². The summed E-state index contributed by atoms with van der Waals surface area (Å²) >= 11 is 0. The Balaban J connectivity index is 1.47. The molecule has 9 nitrogen and oxygen atoms in total. The van der Waals surface area contributed by atoms with Gasteiger partial charge in [-0.3, -0.25) is 10.1 Å². The molecule has 2 amide bonds. The van der Waals surface area contributed by atoms with Crippen molar-refractivity contribution in [2.45, 2.75) is 12.0 Å². The molecule has 0 saturated heterocycles. The molecule has 4 N–H and O–H groups in total. The molecule has 0 aliphatic heterocycles. The fourth-order valence-electron chi connectivity index (χ4n) is 4.06. The van der Waals surface area contributed by atoms with Gasteiger partial charge in [-0.05, 0) is 40.5 Å². The van der Waals surface area contributed by atoms with Crippen molar-refractivity contribution in [1.29, 1.82) is 0 Å². The number of methoxy groups -OCH3 is 1. The Morgan fingerprint density at radius 3 is 2.20 bits per heavy atom. The molecule has 0 radical (unpaired) electrons. The highest BCUT2D eigenvalue weighted by Crippen LogP contribution is 2.44. The van der Waals surface area contributed by atoms with E-state index in [1.165, 1.54) is 19.2 Å². The third-order valence-corrected chi connectivity index (χ3v) is 5.79. The number of fused-ring (bicyclic) bond motifs is 3. The molecule has 1 atom stereocenters.